The van der Waals surface area contributed by atoms with E-state index >= 15 is 0 Å². The molecule has 1 N–H and O–H groups in total. The molecule has 0 amide bonds. The molecule has 0 radical (unpaired) electrons. The number of benzene rings is 1. The van der Waals surface area contributed by atoms with Gasteiger partial charge in [0.2, 0.25) is 0 Å². The molecule has 0 aliphatic carbocycles. The topological polar surface area (TPSA) is 32.7 Å². The predicted molar refractivity (Wildman–Crippen MR) is 72.9 cm³/mol. The van der Waals surface area contributed by atoms with E-state index in [1.807, 2.05) is 0 Å². The first kappa shape index (κ1) is 13.4. The Morgan fingerprint density at radius 1 is 1.39 bits per heavy atom. The highest BCUT2D eigenvalue weighted by atomic mass is 16.5. The number of methoxy groups -OCH3 is 1. The summed E-state index contributed by atoms with van der Waals surface area (Å²) in [6, 6.07) is 4.72. The van der Waals surface area contributed by atoms with Crippen LogP contribution in [-0.2, 0) is 13.0 Å². The molecule has 3 heteroatoms. The summed E-state index contributed by atoms with van der Waals surface area (Å²) < 4.78 is 5.39. The first-order chi connectivity index (χ1) is 8.74. The molecule has 2 rings (SSSR count). The van der Waals surface area contributed by atoms with E-state index in [4.69, 9.17) is 4.74 Å². The van der Waals surface area contributed by atoms with Gasteiger partial charge in [0.25, 0.3) is 0 Å². The lowest BCUT2D eigenvalue weighted by Crippen LogP contribution is -2.35. The molecule has 1 aliphatic heterocycles. The predicted octanol–water partition coefficient (Wildman–Crippen LogP) is 2.52. The van der Waals surface area contributed by atoms with Gasteiger partial charge in [0.05, 0.1) is 13.7 Å². The Labute approximate surface area is 109 Å². The Hall–Kier alpha value is -1.06. The Morgan fingerprint density at radius 2 is 2.17 bits per heavy atom. The van der Waals surface area contributed by atoms with Crippen molar-refractivity contribution in [3.8, 4) is 5.75 Å². The van der Waals surface area contributed by atoms with Crippen molar-refractivity contribution in [3.05, 3.63) is 28.8 Å². The fourth-order valence-electron chi connectivity index (χ4n) is 3.00. The molecule has 0 saturated carbocycles. The van der Waals surface area contributed by atoms with E-state index in [9.17, 15) is 5.11 Å². The summed E-state index contributed by atoms with van der Waals surface area (Å²) >= 11 is 0. The minimum absolute atomic E-state index is 0.0464. The molecule has 100 valence electrons. The van der Waals surface area contributed by atoms with Gasteiger partial charge < -0.3 is 9.84 Å². The summed E-state index contributed by atoms with van der Waals surface area (Å²) in [5.74, 6) is 0.813. The van der Waals surface area contributed by atoms with Gasteiger partial charge in [-0.25, -0.2) is 0 Å². The molecule has 18 heavy (non-hydrogen) atoms. The summed E-state index contributed by atoms with van der Waals surface area (Å²) in [5, 5.41) is 9.38. The molecule has 1 unspecified atom stereocenters. The average Bonchev–Trinajstić information content (AvgIpc) is 2.44. The molecule has 0 bridgehead atoms. The smallest absolute Gasteiger partial charge is 0.124 e. The molecule has 1 heterocycles. The van der Waals surface area contributed by atoms with Crippen molar-refractivity contribution in [2.24, 2.45) is 0 Å². The maximum atomic E-state index is 9.38. The summed E-state index contributed by atoms with van der Waals surface area (Å²) in [4.78, 5) is 2.51. The van der Waals surface area contributed by atoms with Gasteiger partial charge in [-0.05, 0) is 42.6 Å². The normalized spacial score (nSPS) is 19.7. The fourth-order valence-corrected chi connectivity index (χ4v) is 3.00. The van der Waals surface area contributed by atoms with Crippen molar-refractivity contribution in [3.63, 3.8) is 0 Å². The van der Waals surface area contributed by atoms with Gasteiger partial charge in [0.1, 0.15) is 5.75 Å². The van der Waals surface area contributed by atoms with Crippen molar-refractivity contribution in [1.29, 1.82) is 0 Å². The van der Waals surface area contributed by atoms with Crippen molar-refractivity contribution >= 4 is 0 Å². The lowest BCUT2D eigenvalue weighted by molar-refractivity contribution is 0.189. The number of ether oxygens (including phenoxy) is 1. The molecule has 1 aromatic rings. The first-order valence-electron chi connectivity index (χ1n) is 6.79. The summed E-state index contributed by atoms with van der Waals surface area (Å²) in [6.07, 6.45) is 2.18. The zero-order valence-electron chi connectivity index (χ0n) is 11.6. The minimum atomic E-state index is 0.0464. The van der Waals surface area contributed by atoms with E-state index in [1.165, 1.54) is 11.1 Å². The molecular formula is C15H23NO2. The molecule has 0 saturated heterocycles. The first-order valence-corrected chi connectivity index (χ1v) is 6.79. The average molecular weight is 249 g/mol. The molecule has 0 aromatic heterocycles. The van der Waals surface area contributed by atoms with Crippen molar-refractivity contribution in [2.75, 3.05) is 20.2 Å². The Balaban J connectivity index is 2.45. The van der Waals surface area contributed by atoms with Crippen LogP contribution in [-0.4, -0.2) is 30.2 Å². The highest BCUT2D eigenvalue weighted by molar-refractivity contribution is 5.45. The van der Waals surface area contributed by atoms with Crippen molar-refractivity contribution in [2.45, 2.75) is 39.3 Å². The largest absolute Gasteiger partial charge is 0.496 e. The number of fused-ring (bicyclic) bond motifs is 1. The third-order valence-corrected chi connectivity index (χ3v) is 3.97. The molecule has 1 aliphatic rings. The lowest BCUT2D eigenvalue weighted by atomic mass is 9.89. The number of aliphatic hydroxyl groups is 1. The monoisotopic (exact) mass is 249 g/mol. The zero-order chi connectivity index (χ0) is 13.1. The van der Waals surface area contributed by atoms with Gasteiger partial charge in [-0.1, -0.05) is 13.8 Å². The quantitative estimate of drug-likeness (QED) is 0.890. The second-order valence-electron chi connectivity index (χ2n) is 4.82. The number of hydrogen-bond acceptors (Lipinski definition) is 3. The molecule has 1 atom stereocenters. The van der Waals surface area contributed by atoms with E-state index in [2.05, 4.69) is 30.9 Å². The van der Waals surface area contributed by atoms with Crippen LogP contribution in [0.15, 0.2) is 12.1 Å². The maximum absolute atomic E-state index is 9.38. The van der Waals surface area contributed by atoms with Crippen LogP contribution >= 0.6 is 0 Å². The Morgan fingerprint density at radius 3 is 2.72 bits per heavy atom. The summed E-state index contributed by atoms with van der Waals surface area (Å²) in [7, 11) is 1.67. The summed E-state index contributed by atoms with van der Waals surface area (Å²) in [6.45, 7) is 6.69. The van der Waals surface area contributed by atoms with Crippen LogP contribution < -0.4 is 4.74 Å². The second-order valence-corrected chi connectivity index (χ2v) is 4.82. The Bertz CT molecular complexity index is 417. The number of aliphatic hydroxyl groups excluding tert-OH is 1. The van der Waals surface area contributed by atoms with E-state index in [0.717, 1.165) is 37.2 Å². The van der Waals surface area contributed by atoms with Gasteiger partial charge in [0, 0.05) is 18.2 Å². The highest BCUT2D eigenvalue weighted by Crippen LogP contribution is 2.36. The van der Waals surface area contributed by atoms with E-state index in [0.29, 0.717) is 6.04 Å². The molecular weight excluding hydrogens is 226 g/mol. The van der Waals surface area contributed by atoms with Crippen LogP contribution in [0.3, 0.4) is 0 Å². The van der Waals surface area contributed by atoms with Crippen LogP contribution in [0.2, 0.25) is 0 Å². The SMILES string of the molecule is CCC1c2cc(OC)c(CO)cc2CCN1CC. The van der Waals surface area contributed by atoms with Crippen LogP contribution in [0.1, 0.15) is 43.0 Å². The zero-order valence-corrected chi connectivity index (χ0v) is 11.6. The lowest BCUT2D eigenvalue weighted by Gasteiger charge is -2.36. The number of rotatable bonds is 4. The molecule has 3 nitrogen and oxygen atoms in total. The van der Waals surface area contributed by atoms with Crippen LogP contribution in [0.25, 0.3) is 0 Å². The van der Waals surface area contributed by atoms with E-state index in [1.54, 1.807) is 7.11 Å². The third kappa shape index (κ3) is 2.25. The van der Waals surface area contributed by atoms with Crippen molar-refractivity contribution in [1.82, 2.24) is 4.90 Å². The standard InChI is InChI=1S/C15H23NO2/c1-4-14-13-9-15(18-3)12(10-17)8-11(13)6-7-16(14)5-2/h8-9,14,17H,4-7,10H2,1-3H3. The van der Waals surface area contributed by atoms with Gasteiger partial charge in [0.15, 0.2) is 0 Å². The molecule has 1 aromatic carbocycles. The van der Waals surface area contributed by atoms with Gasteiger partial charge >= 0.3 is 0 Å². The number of nitrogens with zero attached hydrogens (tertiary/aromatic N) is 1. The van der Waals surface area contributed by atoms with E-state index < -0.39 is 0 Å². The summed E-state index contributed by atoms with van der Waals surface area (Å²) in [5.41, 5.74) is 3.65. The van der Waals surface area contributed by atoms with Gasteiger partial charge in [-0.3, -0.25) is 4.90 Å². The number of hydrogen-bond donors (Lipinski definition) is 1. The van der Waals surface area contributed by atoms with Gasteiger partial charge in [-0.2, -0.15) is 0 Å². The van der Waals surface area contributed by atoms with E-state index in [-0.39, 0.29) is 6.61 Å². The van der Waals surface area contributed by atoms with Crippen molar-refractivity contribution < 1.29 is 9.84 Å². The third-order valence-electron chi connectivity index (χ3n) is 3.97. The second kappa shape index (κ2) is 5.72. The highest BCUT2D eigenvalue weighted by Gasteiger charge is 2.26. The van der Waals surface area contributed by atoms with Crippen LogP contribution in [0.4, 0.5) is 0 Å². The fraction of sp³-hybridized carbons (Fsp3) is 0.600. The van der Waals surface area contributed by atoms with Crippen LogP contribution in [0.5, 0.6) is 5.75 Å². The number of likely N-dealkylation sites (N-methyl/N-ethyl adjacent to an activating group) is 1. The van der Waals surface area contributed by atoms with Gasteiger partial charge in [-0.15, -0.1) is 0 Å². The molecule has 0 spiro atoms. The minimum Gasteiger partial charge on any atom is -0.496 e. The molecule has 0 fully saturated rings. The van der Waals surface area contributed by atoms with Crippen LogP contribution in [0, 0.1) is 0 Å². The Kier molecular flexibility index (Phi) is 4.25. The maximum Gasteiger partial charge on any atom is 0.124 e.